The van der Waals surface area contributed by atoms with Crippen LogP contribution < -0.4 is 15.8 Å². The lowest BCUT2D eigenvalue weighted by atomic mass is 10.0. The summed E-state index contributed by atoms with van der Waals surface area (Å²) < 4.78 is 5.56. The number of hydrogen-bond acceptors (Lipinski definition) is 3. The van der Waals surface area contributed by atoms with Crippen LogP contribution in [-0.2, 0) is 4.79 Å². The lowest BCUT2D eigenvalue weighted by molar-refractivity contribution is -0.123. The van der Waals surface area contributed by atoms with Crippen LogP contribution in [0.5, 0.6) is 5.75 Å². The maximum absolute atomic E-state index is 11.6. The molecular formula is C15H24N2O2. The molecule has 0 saturated heterocycles. The van der Waals surface area contributed by atoms with Gasteiger partial charge in [-0.1, -0.05) is 38.5 Å². The Morgan fingerprint density at radius 1 is 1.37 bits per heavy atom. The fourth-order valence-corrected chi connectivity index (χ4v) is 1.74. The number of amides is 1. The van der Waals surface area contributed by atoms with Crippen LogP contribution in [0.3, 0.4) is 0 Å². The predicted octanol–water partition coefficient (Wildman–Crippen LogP) is 2.39. The maximum Gasteiger partial charge on any atom is 0.257 e. The van der Waals surface area contributed by atoms with E-state index in [1.54, 1.807) is 0 Å². The summed E-state index contributed by atoms with van der Waals surface area (Å²) in [5.74, 6) is 0.607. The second-order valence-corrected chi connectivity index (χ2v) is 4.54. The van der Waals surface area contributed by atoms with Gasteiger partial charge >= 0.3 is 0 Å². The second-order valence-electron chi connectivity index (χ2n) is 4.54. The first kappa shape index (κ1) is 15.5. The monoisotopic (exact) mass is 264 g/mol. The summed E-state index contributed by atoms with van der Waals surface area (Å²) in [6, 6.07) is 7.55. The highest BCUT2D eigenvalue weighted by atomic mass is 16.5. The van der Waals surface area contributed by atoms with Gasteiger partial charge in [-0.15, -0.1) is 0 Å². The fourth-order valence-electron chi connectivity index (χ4n) is 1.74. The number of ether oxygens (including phenoxy) is 1. The molecule has 0 fully saturated rings. The lowest BCUT2D eigenvalue weighted by Gasteiger charge is -2.15. The molecule has 0 radical (unpaired) electrons. The van der Waals surface area contributed by atoms with Gasteiger partial charge in [-0.25, -0.2) is 0 Å². The zero-order valence-corrected chi connectivity index (χ0v) is 11.8. The van der Waals surface area contributed by atoms with Crippen LogP contribution in [0, 0.1) is 0 Å². The Morgan fingerprint density at radius 2 is 2.11 bits per heavy atom. The molecule has 0 saturated carbocycles. The Morgan fingerprint density at radius 3 is 2.79 bits per heavy atom. The molecule has 0 aromatic heterocycles. The van der Waals surface area contributed by atoms with Gasteiger partial charge in [0.15, 0.2) is 6.61 Å². The highest BCUT2D eigenvalue weighted by molar-refractivity contribution is 5.77. The standard InChI is InChI=1S/C15H24N2O2/c1-3-5-10-17-15(18)11-19-14-9-7-6-8-12(14)13(16)4-2/h6-9,13H,3-5,10-11,16H2,1-2H3,(H,17,18)/t13-/m0/s1. The minimum absolute atomic E-state index is 0.0389. The van der Waals surface area contributed by atoms with E-state index in [0.29, 0.717) is 12.3 Å². The van der Waals surface area contributed by atoms with Gasteiger partial charge in [0.2, 0.25) is 0 Å². The second kappa shape index (κ2) is 8.53. The van der Waals surface area contributed by atoms with E-state index in [1.165, 1.54) is 0 Å². The Balaban J connectivity index is 2.50. The largest absolute Gasteiger partial charge is 0.483 e. The number of carbonyl (C=O) groups is 1. The summed E-state index contributed by atoms with van der Waals surface area (Å²) in [6.07, 6.45) is 2.89. The average molecular weight is 264 g/mol. The Hall–Kier alpha value is -1.55. The molecule has 0 aliphatic carbocycles. The molecule has 1 aromatic carbocycles. The molecule has 3 N–H and O–H groups in total. The topological polar surface area (TPSA) is 64.3 Å². The van der Waals surface area contributed by atoms with Crippen LogP contribution in [0.4, 0.5) is 0 Å². The van der Waals surface area contributed by atoms with Gasteiger partial charge in [0.05, 0.1) is 0 Å². The molecule has 1 aromatic rings. The molecule has 4 nitrogen and oxygen atoms in total. The van der Waals surface area contributed by atoms with Crippen molar-refractivity contribution < 1.29 is 9.53 Å². The molecule has 1 amide bonds. The Bertz CT molecular complexity index is 393. The van der Waals surface area contributed by atoms with Crippen molar-refractivity contribution in [3.05, 3.63) is 29.8 Å². The quantitative estimate of drug-likeness (QED) is 0.709. The van der Waals surface area contributed by atoms with E-state index in [0.717, 1.165) is 24.8 Å². The first-order valence-corrected chi connectivity index (χ1v) is 6.93. The van der Waals surface area contributed by atoms with E-state index >= 15 is 0 Å². The summed E-state index contributed by atoms with van der Waals surface area (Å²) in [6.45, 7) is 4.86. The summed E-state index contributed by atoms with van der Waals surface area (Å²) in [5, 5.41) is 2.82. The normalized spacial score (nSPS) is 11.9. The smallest absolute Gasteiger partial charge is 0.257 e. The van der Waals surface area contributed by atoms with Gasteiger partial charge in [-0.3, -0.25) is 4.79 Å². The Labute approximate surface area is 115 Å². The average Bonchev–Trinajstić information content (AvgIpc) is 2.45. The van der Waals surface area contributed by atoms with Crippen molar-refractivity contribution in [1.82, 2.24) is 5.32 Å². The van der Waals surface area contributed by atoms with E-state index in [4.69, 9.17) is 10.5 Å². The number of nitrogens with one attached hydrogen (secondary N) is 1. The Kier molecular flexibility index (Phi) is 6.97. The van der Waals surface area contributed by atoms with E-state index in [2.05, 4.69) is 12.2 Å². The van der Waals surface area contributed by atoms with Gasteiger partial charge in [0.1, 0.15) is 5.75 Å². The van der Waals surface area contributed by atoms with E-state index in [9.17, 15) is 4.79 Å². The zero-order chi connectivity index (χ0) is 14.1. The van der Waals surface area contributed by atoms with Crippen molar-refractivity contribution in [3.63, 3.8) is 0 Å². The lowest BCUT2D eigenvalue weighted by Crippen LogP contribution is -2.29. The molecule has 0 unspecified atom stereocenters. The number of unbranched alkanes of at least 4 members (excludes halogenated alkanes) is 1. The van der Waals surface area contributed by atoms with Crippen molar-refractivity contribution in [2.75, 3.05) is 13.2 Å². The predicted molar refractivity (Wildman–Crippen MR) is 77.1 cm³/mol. The third kappa shape index (κ3) is 5.30. The molecule has 19 heavy (non-hydrogen) atoms. The van der Waals surface area contributed by atoms with Crippen molar-refractivity contribution in [3.8, 4) is 5.75 Å². The number of para-hydroxylation sites is 1. The van der Waals surface area contributed by atoms with Crippen LogP contribution in [0.25, 0.3) is 0 Å². The SMILES string of the molecule is CCCCNC(=O)COc1ccccc1[C@@H](N)CC. The third-order valence-corrected chi connectivity index (χ3v) is 2.97. The summed E-state index contributed by atoms with van der Waals surface area (Å²) in [5.41, 5.74) is 6.97. The van der Waals surface area contributed by atoms with E-state index < -0.39 is 0 Å². The molecule has 0 aliphatic heterocycles. The summed E-state index contributed by atoms with van der Waals surface area (Å²) in [7, 11) is 0. The van der Waals surface area contributed by atoms with E-state index in [1.807, 2.05) is 31.2 Å². The molecular weight excluding hydrogens is 240 g/mol. The van der Waals surface area contributed by atoms with Gasteiger partial charge < -0.3 is 15.8 Å². The third-order valence-electron chi connectivity index (χ3n) is 2.97. The van der Waals surface area contributed by atoms with E-state index in [-0.39, 0.29) is 18.6 Å². The maximum atomic E-state index is 11.6. The minimum Gasteiger partial charge on any atom is -0.483 e. The van der Waals surface area contributed by atoms with Crippen molar-refractivity contribution in [2.45, 2.75) is 39.2 Å². The molecule has 1 atom stereocenters. The molecule has 1 rings (SSSR count). The van der Waals surface area contributed by atoms with Gasteiger partial charge in [-0.2, -0.15) is 0 Å². The minimum atomic E-state index is -0.0895. The van der Waals surface area contributed by atoms with Crippen molar-refractivity contribution >= 4 is 5.91 Å². The number of carbonyl (C=O) groups excluding carboxylic acids is 1. The van der Waals surface area contributed by atoms with Gasteiger partial charge in [0, 0.05) is 18.2 Å². The molecule has 106 valence electrons. The van der Waals surface area contributed by atoms with Crippen LogP contribution in [0.1, 0.15) is 44.7 Å². The molecule has 0 aliphatic rings. The molecule has 0 heterocycles. The molecule has 0 spiro atoms. The zero-order valence-electron chi connectivity index (χ0n) is 11.8. The number of rotatable bonds is 8. The van der Waals surface area contributed by atoms with Gasteiger partial charge in [-0.05, 0) is 18.9 Å². The van der Waals surface area contributed by atoms with Crippen LogP contribution in [0.15, 0.2) is 24.3 Å². The van der Waals surface area contributed by atoms with Crippen LogP contribution in [-0.4, -0.2) is 19.1 Å². The van der Waals surface area contributed by atoms with Crippen molar-refractivity contribution in [2.24, 2.45) is 5.73 Å². The van der Waals surface area contributed by atoms with Crippen molar-refractivity contribution in [1.29, 1.82) is 0 Å². The highest BCUT2D eigenvalue weighted by Gasteiger charge is 2.11. The number of hydrogen-bond donors (Lipinski definition) is 2. The molecule has 4 heteroatoms. The first-order valence-electron chi connectivity index (χ1n) is 6.93. The van der Waals surface area contributed by atoms with Crippen LogP contribution >= 0.6 is 0 Å². The number of benzene rings is 1. The van der Waals surface area contributed by atoms with Gasteiger partial charge in [0.25, 0.3) is 5.91 Å². The molecule has 0 bridgehead atoms. The first-order chi connectivity index (χ1) is 9.19. The number of nitrogens with two attached hydrogens (primary N) is 1. The fraction of sp³-hybridized carbons (Fsp3) is 0.533. The summed E-state index contributed by atoms with van der Waals surface area (Å²) in [4.78, 5) is 11.6. The summed E-state index contributed by atoms with van der Waals surface area (Å²) >= 11 is 0. The highest BCUT2D eigenvalue weighted by Crippen LogP contribution is 2.25. The van der Waals surface area contributed by atoms with Crippen LogP contribution in [0.2, 0.25) is 0 Å².